The average Bonchev–Trinajstić information content (AvgIpc) is 2.38. The van der Waals surface area contributed by atoms with Gasteiger partial charge < -0.3 is 10.0 Å². The summed E-state index contributed by atoms with van der Waals surface area (Å²) in [5, 5.41) is 8.54. The van der Waals surface area contributed by atoms with Crippen molar-refractivity contribution in [2.75, 3.05) is 13.6 Å². The fraction of sp³-hybridized carbons (Fsp3) is 0.867. The van der Waals surface area contributed by atoms with Crippen molar-refractivity contribution in [1.29, 1.82) is 0 Å². The summed E-state index contributed by atoms with van der Waals surface area (Å²) in [6, 6.07) is 0. The van der Waals surface area contributed by atoms with Crippen molar-refractivity contribution in [3.63, 3.8) is 0 Å². The van der Waals surface area contributed by atoms with E-state index in [1.165, 1.54) is 43.4 Å². The molecule has 0 unspecified atom stereocenters. The minimum atomic E-state index is -0.855. The molecule has 0 heterocycles. The van der Waals surface area contributed by atoms with E-state index >= 15 is 0 Å². The molecule has 0 rings (SSSR count). The smallest absolute Gasteiger partial charge is 0.305 e. The minimum absolute atomic E-state index is 0.0274. The molecular formula is C15H29NO3. The Kier molecular flexibility index (Phi) is 11.3. The summed E-state index contributed by atoms with van der Waals surface area (Å²) in [6.45, 7) is 2.53. The quantitative estimate of drug-likeness (QED) is 0.553. The Bertz CT molecular complexity index is 254. The number of aliphatic carboxylic acids is 1. The fourth-order valence-corrected chi connectivity index (χ4v) is 1.99. The number of hydrogen-bond acceptors (Lipinski definition) is 2. The Balaban J connectivity index is 3.39. The highest BCUT2D eigenvalue weighted by molar-refractivity contribution is 5.76. The van der Waals surface area contributed by atoms with Crippen molar-refractivity contribution < 1.29 is 14.7 Å². The molecule has 0 spiro atoms. The van der Waals surface area contributed by atoms with Gasteiger partial charge in [-0.2, -0.15) is 0 Å². The maximum atomic E-state index is 11.7. The number of amides is 1. The third-order valence-corrected chi connectivity index (χ3v) is 3.33. The lowest BCUT2D eigenvalue weighted by Gasteiger charge is -2.15. The third kappa shape index (κ3) is 11.7. The summed E-state index contributed by atoms with van der Waals surface area (Å²) in [6.07, 6.45) is 10.3. The van der Waals surface area contributed by atoms with E-state index in [9.17, 15) is 9.59 Å². The normalized spacial score (nSPS) is 10.4. The van der Waals surface area contributed by atoms with Gasteiger partial charge in [-0.25, -0.2) is 0 Å². The molecule has 0 saturated heterocycles. The maximum Gasteiger partial charge on any atom is 0.305 e. The van der Waals surface area contributed by atoms with Crippen LogP contribution in [0.25, 0.3) is 0 Å². The second-order valence-electron chi connectivity index (χ2n) is 5.18. The highest BCUT2D eigenvalue weighted by Crippen LogP contribution is 2.10. The molecule has 0 atom stereocenters. The van der Waals surface area contributed by atoms with Crippen LogP contribution in [0.3, 0.4) is 0 Å². The van der Waals surface area contributed by atoms with Crippen LogP contribution in [0.2, 0.25) is 0 Å². The molecule has 1 amide bonds. The number of carboxylic acids is 1. The number of carbonyl (C=O) groups is 2. The summed E-state index contributed by atoms with van der Waals surface area (Å²) >= 11 is 0. The Morgan fingerprint density at radius 2 is 1.42 bits per heavy atom. The minimum Gasteiger partial charge on any atom is -0.481 e. The molecule has 1 N–H and O–H groups in total. The molecule has 0 radical (unpaired) electrons. The molecule has 4 nitrogen and oxygen atoms in total. The summed E-state index contributed by atoms with van der Waals surface area (Å²) < 4.78 is 0. The average molecular weight is 271 g/mol. The van der Waals surface area contributed by atoms with E-state index in [1.54, 1.807) is 7.05 Å². The lowest BCUT2D eigenvalue weighted by Crippen LogP contribution is -2.28. The number of hydrogen-bond donors (Lipinski definition) is 1. The molecule has 0 fully saturated rings. The molecule has 0 aromatic heterocycles. The van der Waals surface area contributed by atoms with Gasteiger partial charge >= 0.3 is 5.97 Å². The van der Waals surface area contributed by atoms with Crippen LogP contribution in [-0.4, -0.2) is 35.5 Å². The van der Waals surface area contributed by atoms with Crippen LogP contribution in [0, 0.1) is 0 Å². The molecule has 4 heteroatoms. The molecule has 0 aromatic carbocycles. The molecule has 0 aliphatic carbocycles. The van der Waals surface area contributed by atoms with Crippen molar-refractivity contribution in [3.8, 4) is 0 Å². The first kappa shape index (κ1) is 17.9. The van der Waals surface area contributed by atoms with E-state index in [2.05, 4.69) is 6.92 Å². The SMILES string of the molecule is CCCCCCCCCCC(=O)N(C)CCC(=O)O. The van der Waals surface area contributed by atoms with Gasteiger partial charge in [0.15, 0.2) is 0 Å². The Morgan fingerprint density at radius 1 is 0.895 bits per heavy atom. The van der Waals surface area contributed by atoms with E-state index in [0.717, 1.165) is 12.8 Å². The van der Waals surface area contributed by atoms with Gasteiger partial charge in [0.25, 0.3) is 0 Å². The summed E-state index contributed by atoms with van der Waals surface area (Å²) in [5.41, 5.74) is 0. The zero-order chi connectivity index (χ0) is 14.5. The molecule has 19 heavy (non-hydrogen) atoms. The second-order valence-corrected chi connectivity index (χ2v) is 5.18. The Hall–Kier alpha value is -1.06. The highest BCUT2D eigenvalue weighted by atomic mass is 16.4. The first-order valence-electron chi connectivity index (χ1n) is 7.53. The van der Waals surface area contributed by atoms with Gasteiger partial charge in [-0.05, 0) is 6.42 Å². The molecular weight excluding hydrogens is 242 g/mol. The number of carbonyl (C=O) groups excluding carboxylic acids is 1. The Labute approximate surface area is 117 Å². The van der Waals surface area contributed by atoms with Gasteiger partial charge in [-0.1, -0.05) is 51.9 Å². The van der Waals surface area contributed by atoms with Crippen molar-refractivity contribution in [2.24, 2.45) is 0 Å². The van der Waals surface area contributed by atoms with Crippen LogP contribution in [-0.2, 0) is 9.59 Å². The van der Waals surface area contributed by atoms with E-state index < -0.39 is 5.97 Å². The van der Waals surface area contributed by atoms with Crippen molar-refractivity contribution >= 4 is 11.9 Å². The van der Waals surface area contributed by atoms with E-state index in [1.807, 2.05) is 0 Å². The van der Waals surface area contributed by atoms with Crippen molar-refractivity contribution in [3.05, 3.63) is 0 Å². The zero-order valence-corrected chi connectivity index (χ0v) is 12.5. The monoisotopic (exact) mass is 271 g/mol. The van der Waals surface area contributed by atoms with Crippen LogP contribution < -0.4 is 0 Å². The predicted octanol–water partition coefficient (Wildman–Crippen LogP) is 3.45. The van der Waals surface area contributed by atoms with E-state index in [4.69, 9.17) is 5.11 Å². The van der Waals surface area contributed by atoms with Crippen LogP contribution in [0.5, 0.6) is 0 Å². The first-order chi connectivity index (χ1) is 9.07. The van der Waals surface area contributed by atoms with E-state index in [0.29, 0.717) is 13.0 Å². The molecule has 112 valence electrons. The molecule has 0 bridgehead atoms. The number of carboxylic acid groups (broad SMARTS) is 1. The zero-order valence-electron chi connectivity index (χ0n) is 12.5. The van der Waals surface area contributed by atoms with Gasteiger partial charge in [-0.15, -0.1) is 0 Å². The third-order valence-electron chi connectivity index (χ3n) is 3.33. The van der Waals surface area contributed by atoms with Crippen LogP contribution in [0.15, 0.2) is 0 Å². The summed E-state index contributed by atoms with van der Waals surface area (Å²) in [4.78, 5) is 23.6. The topological polar surface area (TPSA) is 57.6 Å². The van der Waals surface area contributed by atoms with Gasteiger partial charge in [0, 0.05) is 20.0 Å². The van der Waals surface area contributed by atoms with Gasteiger partial charge in [-0.3, -0.25) is 9.59 Å². The number of unbranched alkanes of at least 4 members (excludes halogenated alkanes) is 7. The van der Waals surface area contributed by atoms with Crippen molar-refractivity contribution in [2.45, 2.75) is 71.1 Å². The summed E-state index contributed by atoms with van der Waals surface area (Å²) in [7, 11) is 1.68. The van der Waals surface area contributed by atoms with Gasteiger partial charge in [0.1, 0.15) is 0 Å². The Morgan fingerprint density at radius 3 is 1.95 bits per heavy atom. The van der Waals surface area contributed by atoms with Gasteiger partial charge in [0.05, 0.1) is 6.42 Å². The first-order valence-corrected chi connectivity index (χ1v) is 7.53. The lowest BCUT2D eigenvalue weighted by molar-refractivity contribution is -0.138. The fourth-order valence-electron chi connectivity index (χ4n) is 1.99. The summed E-state index contributed by atoms with van der Waals surface area (Å²) in [5.74, 6) is -0.793. The second kappa shape index (κ2) is 12.0. The van der Waals surface area contributed by atoms with Crippen LogP contribution >= 0.6 is 0 Å². The molecule has 0 saturated carbocycles. The predicted molar refractivity (Wildman–Crippen MR) is 77.1 cm³/mol. The van der Waals surface area contributed by atoms with Crippen LogP contribution in [0.1, 0.15) is 71.1 Å². The van der Waals surface area contributed by atoms with Crippen molar-refractivity contribution in [1.82, 2.24) is 4.90 Å². The maximum absolute atomic E-state index is 11.7. The number of rotatable bonds is 12. The molecule has 0 aromatic rings. The molecule has 0 aliphatic heterocycles. The van der Waals surface area contributed by atoms with Gasteiger partial charge in [0.2, 0.25) is 5.91 Å². The largest absolute Gasteiger partial charge is 0.481 e. The standard InChI is InChI=1S/C15H29NO3/c1-3-4-5-6-7-8-9-10-11-14(17)16(2)13-12-15(18)19/h3-13H2,1-2H3,(H,18,19). The van der Waals surface area contributed by atoms with E-state index in [-0.39, 0.29) is 12.3 Å². The van der Waals surface area contributed by atoms with Crippen LogP contribution in [0.4, 0.5) is 0 Å². The number of nitrogens with zero attached hydrogens (tertiary/aromatic N) is 1. The lowest BCUT2D eigenvalue weighted by atomic mass is 10.1. The highest BCUT2D eigenvalue weighted by Gasteiger charge is 2.09. The molecule has 0 aliphatic rings.